The average Bonchev–Trinajstić information content (AvgIpc) is 2.26. The molecule has 1 atom stereocenters. The second kappa shape index (κ2) is 5.01. The molecule has 0 amide bonds. The van der Waals surface area contributed by atoms with Gasteiger partial charge in [0.15, 0.2) is 13.9 Å². The van der Waals surface area contributed by atoms with Gasteiger partial charge in [0.25, 0.3) is 0 Å². The number of halogens is 1. The lowest BCUT2D eigenvalue weighted by Gasteiger charge is -2.32. The van der Waals surface area contributed by atoms with E-state index in [0.717, 1.165) is 5.56 Å². The highest BCUT2D eigenvalue weighted by Gasteiger charge is 2.37. The van der Waals surface area contributed by atoms with E-state index >= 15 is 0 Å². The smallest absolute Gasteiger partial charge is 0.186 e. The van der Waals surface area contributed by atoms with Gasteiger partial charge >= 0.3 is 0 Å². The second-order valence-electron chi connectivity index (χ2n) is 4.65. The van der Waals surface area contributed by atoms with Crippen LogP contribution in [0.3, 0.4) is 0 Å². The maximum Gasteiger partial charge on any atom is 0.186 e. The van der Waals surface area contributed by atoms with E-state index in [4.69, 9.17) is 16.0 Å². The van der Waals surface area contributed by atoms with Crippen LogP contribution in [0.1, 0.15) is 5.56 Å². The molecule has 0 saturated heterocycles. The fourth-order valence-corrected chi connectivity index (χ4v) is 3.15. The number of nitriles is 1. The predicted molar refractivity (Wildman–Crippen MR) is 68.9 cm³/mol. The van der Waals surface area contributed by atoms with Crippen LogP contribution in [-0.2, 0) is 10.0 Å². The third kappa shape index (κ3) is 3.08. The minimum Gasteiger partial charge on any atom is -0.396 e. The Morgan fingerprint density at radius 3 is 2.25 bits per heavy atom. The summed E-state index contributed by atoms with van der Waals surface area (Å²) in [5.41, 5.74) is -0.178. The van der Waals surface area contributed by atoms with Gasteiger partial charge < -0.3 is 4.43 Å². The molecule has 0 saturated carbocycles. The minimum atomic E-state index is -1.82. The Bertz CT molecular complexity index is 382. The molecule has 0 bridgehead atoms. The quantitative estimate of drug-likeness (QED) is 0.608. The Hall–Kier alpha value is -0.823. The van der Waals surface area contributed by atoms with Gasteiger partial charge in [-0.1, -0.05) is 30.3 Å². The van der Waals surface area contributed by atoms with E-state index in [-0.39, 0.29) is 5.88 Å². The molecule has 0 aliphatic carbocycles. The van der Waals surface area contributed by atoms with Crippen molar-refractivity contribution < 1.29 is 4.43 Å². The molecule has 0 heterocycles. The molecule has 0 aliphatic heterocycles. The zero-order valence-electron chi connectivity index (χ0n) is 9.83. The fraction of sp³-hybridized carbons (Fsp3) is 0.417. The lowest BCUT2D eigenvalue weighted by atomic mass is 9.98. The normalized spacial score (nSPS) is 15.2. The molecule has 0 radical (unpaired) electrons. The molecule has 1 aromatic rings. The van der Waals surface area contributed by atoms with E-state index < -0.39 is 13.9 Å². The fourth-order valence-electron chi connectivity index (χ4n) is 1.51. The van der Waals surface area contributed by atoms with Crippen molar-refractivity contribution >= 4 is 19.9 Å². The molecule has 4 heteroatoms. The number of rotatable bonds is 4. The molecule has 86 valence electrons. The van der Waals surface area contributed by atoms with Crippen LogP contribution in [0.15, 0.2) is 30.3 Å². The van der Waals surface area contributed by atoms with Crippen LogP contribution < -0.4 is 0 Å². The van der Waals surface area contributed by atoms with Crippen molar-refractivity contribution in [2.75, 3.05) is 5.88 Å². The van der Waals surface area contributed by atoms with E-state index in [1.165, 1.54) is 0 Å². The highest BCUT2D eigenvalue weighted by Crippen LogP contribution is 2.30. The molecule has 1 aromatic carbocycles. The maximum atomic E-state index is 9.36. The van der Waals surface area contributed by atoms with Gasteiger partial charge in [-0.25, -0.2) is 0 Å². The van der Waals surface area contributed by atoms with Gasteiger partial charge in [-0.05, 0) is 25.2 Å². The summed E-state index contributed by atoms with van der Waals surface area (Å²) in [6, 6.07) is 11.7. The molecule has 1 rings (SSSR count). The van der Waals surface area contributed by atoms with Crippen molar-refractivity contribution in [2.24, 2.45) is 0 Å². The predicted octanol–water partition coefficient (Wildman–Crippen LogP) is 3.50. The summed E-state index contributed by atoms with van der Waals surface area (Å²) in [4.78, 5) is 0. The Morgan fingerprint density at radius 2 is 1.88 bits per heavy atom. The first-order valence-corrected chi connectivity index (χ1v) is 9.11. The molecular formula is C12H16ClNOSi. The van der Waals surface area contributed by atoms with Gasteiger partial charge in [-0.2, -0.15) is 5.26 Å². The van der Waals surface area contributed by atoms with E-state index in [2.05, 4.69) is 25.7 Å². The average molecular weight is 254 g/mol. The standard InChI is InChI=1S/C12H16ClNOSi/c1-16(2,3)15-12(9-13,10-14)11-7-5-4-6-8-11/h4-8H,9H2,1-3H3. The second-order valence-corrected chi connectivity index (χ2v) is 9.35. The van der Waals surface area contributed by atoms with Gasteiger partial charge in [-0.3, -0.25) is 0 Å². The summed E-state index contributed by atoms with van der Waals surface area (Å²) in [6.07, 6.45) is 0. The molecule has 0 aromatic heterocycles. The molecule has 0 N–H and O–H groups in total. The molecule has 1 unspecified atom stereocenters. The van der Waals surface area contributed by atoms with Gasteiger partial charge in [0, 0.05) is 0 Å². The first kappa shape index (κ1) is 13.2. The van der Waals surface area contributed by atoms with Gasteiger partial charge in [-0.15, -0.1) is 11.6 Å². The largest absolute Gasteiger partial charge is 0.396 e. The van der Waals surface area contributed by atoms with E-state index in [9.17, 15) is 5.26 Å². The lowest BCUT2D eigenvalue weighted by Crippen LogP contribution is -2.41. The van der Waals surface area contributed by atoms with Crippen molar-refractivity contribution in [3.05, 3.63) is 35.9 Å². The molecule has 0 fully saturated rings. The summed E-state index contributed by atoms with van der Waals surface area (Å²) in [7, 11) is -1.82. The topological polar surface area (TPSA) is 33.0 Å². The van der Waals surface area contributed by atoms with Crippen LogP contribution in [-0.4, -0.2) is 14.2 Å². The van der Waals surface area contributed by atoms with Crippen LogP contribution >= 0.6 is 11.6 Å². The van der Waals surface area contributed by atoms with E-state index in [1.54, 1.807) is 0 Å². The molecular weight excluding hydrogens is 238 g/mol. The summed E-state index contributed by atoms with van der Waals surface area (Å²) in [5.74, 6) is 0.151. The van der Waals surface area contributed by atoms with Crippen molar-refractivity contribution in [1.82, 2.24) is 0 Å². The van der Waals surface area contributed by atoms with Crippen LogP contribution in [0.4, 0.5) is 0 Å². The number of nitrogens with zero attached hydrogens (tertiary/aromatic N) is 1. The Balaban J connectivity index is 3.13. The van der Waals surface area contributed by atoms with Crippen molar-refractivity contribution in [3.8, 4) is 6.07 Å². The van der Waals surface area contributed by atoms with Crippen molar-refractivity contribution in [1.29, 1.82) is 5.26 Å². The van der Waals surface area contributed by atoms with Crippen LogP contribution in [0.5, 0.6) is 0 Å². The SMILES string of the molecule is C[Si](C)(C)OC(C#N)(CCl)c1ccccc1. The van der Waals surface area contributed by atoms with Gasteiger partial charge in [0.2, 0.25) is 0 Å². The third-order valence-electron chi connectivity index (χ3n) is 2.09. The Morgan fingerprint density at radius 1 is 1.31 bits per heavy atom. The van der Waals surface area contributed by atoms with Crippen LogP contribution in [0, 0.1) is 11.3 Å². The maximum absolute atomic E-state index is 9.36. The van der Waals surface area contributed by atoms with Crippen LogP contribution in [0.25, 0.3) is 0 Å². The highest BCUT2D eigenvalue weighted by molar-refractivity contribution is 6.69. The molecule has 2 nitrogen and oxygen atoms in total. The monoisotopic (exact) mass is 253 g/mol. The summed E-state index contributed by atoms with van der Waals surface area (Å²) >= 11 is 5.94. The summed E-state index contributed by atoms with van der Waals surface area (Å²) < 4.78 is 5.96. The zero-order chi connectivity index (χ0) is 12.2. The summed E-state index contributed by atoms with van der Waals surface area (Å²) in [5, 5.41) is 9.36. The zero-order valence-corrected chi connectivity index (χ0v) is 11.6. The molecule has 16 heavy (non-hydrogen) atoms. The minimum absolute atomic E-state index is 0.151. The number of benzene rings is 1. The third-order valence-corrected chi connectivity index (χ3v) is 3.43. The van der Waals surface area contributed by atoms with Crippen LogP contribution in [0.2, 0.25) is 19.6 Å². The van der Waals surface area contributed by atoms with Gasteiger partial charge in [0.1, 0.15) is 6.07 Å². The summed E-state index contributed by atoms with van der Waals surface area (Å²) in [6.45, 7) is 6.15. The molecule has 0 aliphatic rings. The number of hydrogen-bond donors (Lipinski definition) is 0. The van der Waals surface area contributed by atoms with E-state index in [1.807, 2.05) is 30.3 Å². The molecule has 0 spiro atoms. The first-order chi connectivity index (χ1) is 7.43. The number of alkyl halides is 1. The van der Waals surface area contributed by atoms with Crippen molar-refractivity contribution in [2.45, 2.75) is 25.2 Å². The van der Waals surface area contributed by atoms with Crippen molar-refractivity contribution in [3.63, 3.8) is 0 Å². The van der Waals surface area contributed by atoms with E-state index in [0.29, 0.717) is 0 Å². The Labute approximate surface area is 103 Å². The first-order valence-electron chi connectivity index (χ1n) is 5.16. The van der Waals surface area contributed by atoms with Gasteiger partial charge in [0.05, 0.1) is 5.88 Å². The number of hydrogen-bond acceptors (Lipinski definition) is 2. The Kier molecular flexibility index (Phi) is 4.14. The lowest BCUT2D eigenvalue weighted by molar-refractivity contribution is 0.144. The highest BCUT2D eigenvalue weighted by atomic mass is 35.5.